The van der Waals surface area contributed by atoms with Gasteiger partial charge < -0.3 is 9.84 Å². The van der Waals surface area contributed by atoms with Gasteiger partial charge in [-0.1, -0.05) is 23.1 Å². The first-order chi connectivity index (χ1) is 11.1. The standard InChI is InChI=1S/C15H11F2N3O3/c16-11-10(12(11)17)6-2-4-8-3-1-5-9(7-8)23-14-13(15(21)22)18-20-19-14/h1,3,5,7,10-12H,6H2,(H,21,22)(H,18,19,20)/t11-,12-/m1/s1. The summed E-state index contributed by atoms with van der Waals surface area (Å²) in [5, 5.41) is 18.0. The van der Waals surface area contributed by atoms with Gasteiger partial charge in [0, 0.05) is 17.9 Å². The van der Waals surface area contributed by atoms with Crippen LogP contribution >= 0.6 is 0 Å². The van der Waals surface area contributed by atoms with Crippen LogP contribution in [0.4, 0.5) is 8.78 Å². The highest BCUT2D eigenvalue weighted by Crippen LogP contribution is 2.40. The third-order valence-corrected chi connectivity index (χ3v) is 3.33. The number of nitrogens with zero attached hydrogens (tertiary/aromatic N) is 2. The van der Waals surface area contributed by atoms with Gasteiger partial charge in [0.25, 0.3) is 5.88 Å². The van der Waals surface area contributed by atoms with E-state index in [-0.39, 0.29) is 18.0 Å². The average molecular weight is 319 g/mol. The van der Waals surface area contributed by atoms with E-state index in [0.717, 1.165) is 0 Å². The molecule has 1 heterocycles. The number of hydrogen-bond donors (Lipinski definition) is 2. The number of aromatic amines is 1. The van der Waals surface area contributed by atoms with Crippen LogP contribution in [0.3, 0.4) is 0 Å². The second-order valence-electron chi connectivity index (χ2n) is 4.98. The van der Waals surface area contributed by atoms with Crippen molar-refractivity contribution in [3.05, 3.63) is 35.5 Å². The van der Waals surface area contributed by atoms with Crippen molar-refractivity contribution in [2.45, 2.75) is 18.8 Å². The van der Waals surface area contributed by atoms with Crippen molar-refractivity contribution < 1.29 is 23.4 Å². The molecule has 1 saturated carbocycles. The molecule has 118 valence electrons. The highest BCUT2D eigenvalue weighted by Gasteiger charge is 2.51. The number of aromatic carboxylic acids is 1. The maximum Gasteiger partial charge on any atom is 0.362 e. The van der Waals surface area contributed by atoms with Crippen LogP contribution < -0.4 is 4.74 Å². The fourth-order valence-corrected chi connectivity index (χ4v) is 1.97. The van der Waals surface area contributed by atoms with Crippen LogP contribution in [-0.4, -0.2) is 38.8 Å². The van der Waals surface area contributed by atoms with Crippen molar-refractivity contribution in [3.8, 4) is 23.5 Å². The second kappa shape index (κ2) is 6.04. The summed E-state index contributed by atoms with van der Waals surface area (Å²) in [4.78, 5) is 10.9. The molecule has 0 unspecified atom stereocenters. The number of halogens is 2. The molecule has 1 fully saturated rings. The molecule has 1 aromatic carbocycles. The first-order valence-electron chi connectivity index (χ1n) is 6.75. The quantitative estimate of drug-likeness (QED) is 0.845. The minimum Gasteiger partial charge on any atom is -0.476 e. The molecule has 2 N–H and O–H groups in total. The van der Waals surface area contributed by atoms with E-state index in [9.17, 15) is 13.6 Å². The molecule has 8 heteroatoms. The van der Waals surface area contributed by atoms with E-state index in [1.165, 1.54) is 0 Å². The number of nitrogens with one attached hydrogen (secondary N) is 1. The van der Waals surface area contributed by atoms with Crippen LogP contribution in [-0.2, 0) is 0 Å². The number of hydrogen-bond acceptors (Lipinski definition) is 4. The topological polar surface area (TPSA) is 88.1 Å². The lowest BCUT2D eigenvalue weighted by molar-refractivity contribution is 0.0687. The Labute approximate surface area is 129 Å². The Hall–Kier alpha value is -2.95. The number of alkyl halides is 2. The highest BCUT2D eigenvalue weighted by molar-refractivity contribution is 5.87. The van der Waals surface area contributed by atoms with Gasteiger partial charge in [0.05, 0.1) is 0 Å². The van der Waals surface area contributed by atoms with E-state index in [1.807, 2.05) is 0 Å². The minimum atomic E-state index is -1.40. The zero-order valence-corrected chi connectivity index (χ0v) is 11.7. The SMILES string of the molecule is O=C(O)c1nn[nH]c1Oc1cccc(C#CCC2[C@@H](F)[C@@H]2F)c1. The van der Waals surface area contributed by atoms with Crippen molar-refractivity contribution in [1.82, 2.24) is 15.4 Å². The number of carboxylic acid groups (broad SMARTS) is 1. The van der Waals surface area contributed by atoms with E-state index in [1.54, 1.807) is 24.3 Å². The molecular formula is C15H11F2N3O3. The summed E-state index contributed by atoms with van der Waals surface area (Å²) in [5.74, 6) is 3.87. The van der Waals surface area contributed by atoms with Gasteiger partial charge in [-0.05, 0) is 18.2 Å². The molecule has 0 bridgehead atoms. The zero-order chi connectivity index (χ0) is 16.4. The van der Waals surface area contributed by atoms with Crippen LogP contribution in [0.15, 0.2) is 24.3 Å². The van der Waals surface area contributed by atoms with Gasteiger partial charge >= 0.3 is 5.97 Å². The maximum atomic E-state index is 12.7. The van der Waals surface area contributed by atoms with E-state index < -0.39 is 24.2 Å². The lowest BCUT2D eigenvalue weighted by Gasteiger charge is -2.03. The molecule has 2 atom stereocenters. The molecule has 1 aliphatic carbocycles. The zero-order valence-electron chi connectivity index (χ0n) is 11.7. The molecule has 23 heavy (non-hydrogen) atoms. The Morgan fingerprint density at radius 2 is 2.17 bits per heavy atom. The molecule has 1 aromatic heterocycles. The summed E-state index contributed by atoms with van der Waals surface area (Å²) in [6.07, 6.45) is -2.65. The molecule has 0 spiro atoms. The normalized spacial score (nSPS) is 22.1. The molecule has 6 nitrogen and oxygen atoms in total. The van der Waals surface area contributed by atoms with Crippen molar-refractivity contribution >= 4 is 5.97 Å². The Morgan fingerprint density at radius 3 is 2.87 bits per heavy atom. The largest absolute Gasteiger partial charge is 0.476 e. The van der Waals surface area contributed by atoms with E-state index in [2.05, 4.69) is 27.3 Å². The number of aromatic nitrogens is 3. The fraction of sp³-hybridized carbons (Fsp3) is 0.267. The number of rotatable bonds is 4. The van der Waals surface area contributed by atoms with Crippen LogP contribution in [0.25, 0.3) is 0 Å². The first kappa shape index (κ1) is 15.0. The van der Waals surface area contributed by atoms with Crippen LogP contribution in [0.1, 0.15) is 22.5 Å². The number of carbonyl (C=O) groups is 1. The third-order valence-electron chi connectivity index (χ3n) is 3.33. The molecule has 0 amide bonds. The average Bonchev–Trinajstić information content (AvgIpc) is 2.91. The van der Waals surface area contributed by atoms with Gasteiger partial charge in [-0.15, -0.1) is 5.10 Å². The number of benzene rings is 1. The smallest absolute Gasteiger partial charge is 0.362 e. The highest BCUT2D eigenvalue weighted by atomic mass is 19.2. The Bertz CT molecular complexity index is 789. The van der Waals surface area contributed by atoms with Gasteiger partial charge in [0.1, 0.15) is 18.1 Å². The molecule has 1 aliphatic rings. The predicted octanol–water partition coefficient (Wildman–Crippen LogP) is 2.34. The predicted molar refractivity (Wildman–Crippen MR) is 74.6 cm³/mol. The first-order valence-corrected chi connectivity index (χ1v) is 6.75. The van der Waals surface area contributed by atoms with Crippen molar-refractivity contribution in [3.63, 3.8) is 0 Å². The van der Waals surface area contributed by atoms with E-state index in [0.29, 0.717) is 11.3 Å². The Morgan fingerprint density at radius 1 is 1.39 bits per heavy atom. The van der Waals surface area contributed by atoms with Crippen molar-refractivity contribution in [2.24, 2.45) is 5.92 Å². The molecule has 0 aliphatic heterocycles. The van der Waals surface area contributed by atoms with Gasteiger partial charge in [-0.3, -0.25) is 0 Å². The summed E-state index contributed by atoms with van der Waals surface area (Å²) < 4.78 is 30.9. The number of ether oxygens (including phenoxy) is 1. The summed E-state index contributed by atoms with van der Waals surface area (Å²) in [7, 11) is 0. The van der Waals surface area contributed by atoms with Gasteiger partial charge in [-0.2, -0.15) is 0 Å². The Kier molecular flexibility index (Phi) is 3.93. The number of H-pyrrole nitrogens is 1. The summed E-state index contributed by atoms with van der Waals surface area (Å²) in [6, 6.07) is 6.55. The summed E-state index contributed by atoms with van der Waals surface area (Å²) >= 11 is 0. The van der Waals surface area contributed by atoms with Crippen molar-refractivity contribution in [1.29, 1.82) is 0 Å². The fourth-order valence-electron chi connectivity index (χ4n) is 1.97. The summed E-state index contributed by atoms with van der Waals surface area (Å²) in [6.45, 7) is 0. The van der Waals surface area contributed by atoms with Gasteiger partial charge in [-0.25, -0.2) is 18.7 Å². The molecule has 0 radical (unpaired) electrons. The molecule has 0 saturated heterocycles. The van der Waals surface area contributed by atoms with Gasteiger partial charge in [0.2, 0.25) is 5.69 Å². The maximum absolute atomic E-state index is 12.7. The second-order valence-corrected chi connectivity index (χ2v) is 4.98. The van der Waals surface area contributed by atoms with Crippen molar-refractivity contribution in [2.75, 3.05) is 0 Å². The molecule has 3 rings (SSSR count). The van der Waals surface area contributed by atoms with E-state index in [4.69, 9.17) is 9.84 Å². The monoisotopic (exact) mass is 319 g/mol. The third kappa shape index (κ3) is 3.29. The van der Waals surface area contributed by atoms with Crippen LogP contribution in [0.2, 0.25) is 0 Å². The lowest BCUT2D eigenvalue weighted by atomic mass is 10.2. The van der Waals surface area contributed by atoms with Crippen LogP contribution in [0, 0.1) is 17.8 Å². The summed E-state index contributed by atoms with van der Waals surface area (Å²) in [5.41, 5.74) is 0.247. The Balaban J connectivity index is 1.69. The minimum absolute atomic E-state index is 0.0962. The van der Waals surface area contributed by atoms with E-state index >= 15 is 0 Å². The van der Waals surface area contributed by atoms with Crippen LogP contribution in [0.5, 0.6) is 11.6 Å². The van der Waals surface area contributed by atoms with Gasteiger partial charge in [0.15, 0.2) is 0 Å². The molecule has 2 aromatic rings. The number of carboxylic acids is 1. The molecular weight excluding hydrogens is 308 g/mol. The lowest BCUT2D eigenvalue weighted by Crippen LogP contribution is -1.99.